The van der Waals surface area contributed by atoms with Crippen LogP contribution < -0.4 is 0 Å². The Kier molecular flexibility index (Phi) is 3.42. The van der Waals surface area contributed by atoms with E-state index in [1.807, 2.05) is 7.05 Å². The number of likely N-dealkylation sites (N-methyl/N-ethyl adjacent to an activating group) is 1. The molecule has 0 radical (unpaired) electrons. The fourth-order valence-electron chi connectivity index (χ4n) is 2.09. The fraction of sp³-hybridized carbons (Fsp3) is 0.727. The normalized spacial score (nSPS) is 17.9. The summed E-state index contributed by atoms with van der Waals surface area (Å²) in [4.78, 5) is 2.19. The lowest BCUT2D eigenvalue weighted by atomic mass is 10.1. The van der Waals surface area contributed by atoms with Crippen molar-refractivity contribution in [1.82, 2.24) is 14.7 Å². The molecule has 0 fully saturated rings. The summed E-state index contributed by atoms with van der Waals surface area (Å²) in [5.41, 5.74) is 2.06. The third kappa shape index (κ3) is 3.21. The van der Waals surface area contributed by atoms with Gasteiger partial charge in [-0.3, -0.25) is 4.68 Å². The number of rotatable bonds is 2. The Morgan fingerprint density at radius 1 is 1.29 bits per heavy atom. The van der Waals surface area contributed by atoms with Crippen LogP contribution in [-0.4, -0.2) is 41.0 Å². The summed E-state index contributed by atoms with van der Waals surface area (Å²) in [5.74, 6) is 0. The number of alkyl halides is 3. The van der Waals surface area contributed by atoms with Gasteiger partial charge in [0, 0.05) is 31.7 Å². The van der Waals surface area contributed by atoms with Gasteiger partial charge in [0.15, 0.2) is 0 Å². The Labute approximate surface area is 98.2 Å². The van der Waals surface area contributed by atoms with E-state index in [4.69, 9.17) is 0 Å². The van der Waals surface area contributed by atoms with Gasteiger partial charge < -0.3 is 4.90 Å². The molecule has 96 valence electrons. The average molecular weight is 247 g/mol. The maximum absolute atomic E-state index is 12.2. The van der Waals surface area contributed by atoms with E-state index in [2.05, 4.69) is 10.00 Å². The van der Waals surface area contributed by atoms with Crippen LogP contribution in [-0.2, 0) is 19.4 Å². The molecule has 0 aromatic carbocycles. The Hall–Kier alpha value is -1.04. The van der Waals surface area contributed by atoms with Crippen LogP contribution in [0.25, 0.3) is 0 Å². The van der Waals surface area contributed by atoms with Gasteiger partial charge in [-0.25, -0.2) is 0 Å². The van der Waals surface area contributed by atoms with Crippen LogP contribution in [0.3, 0.4) is 0 Å². The second kappa shape index (κ2) is 4.68. The van der Waals surface area contributed by atoms with Gasteiger partial charge in [-0.05, 0) is 19.0 Å². The molecule has 0 saturated carbocycles. The van der Waals surface area contributed by atoms with Gasteiger partial charge >= 0.3 is 6.18 Å². The van der Waals surface area contributed by atoms with Crippen molar-refractivity contribution >= 4 is 0 Å². The highest BCUT2D eigenvalue weighted by Crippen LogP contribution is 2.22. The van der Waals surface area contributed by atoms with E-state index in [0.717, 1.165) is 37.2 Å². The van der Waals surface area contributed by atoms with E-state index in [-0.39, 0.29) is 6.54 Å². The molecule has 0 spiro atoms. The highest BCUT2D eigenvalue weighted by Gasteiger charge is 2.27. The molecule has 1 aromatic rings. The van der Waals surface area contributed by atoms with Crippen LogP contribution in [0, 0.1) is 0 Å². The zero-order valence-electron chi connectivity index (χ0n) is 9.80. The van der Waals surface area contributed by atoms with Crippen molar-refractivity contribution in [3.63, 3.8) is 0 Å². The lowest BCUT2D eigenvalue weighted by molar-refractivity contribution is -0.137. The van der Waals surface area contributed by atoms with Crippen molar-refractivity contribution in [3.8, 4) is 0 Å². The number of aryl methyl sites for hydroxylation is 1. The number of nitrogens with zero attached hydrogens (tertiary/aromatic N) is 3. The number of fused-ring (bicyclic) bond motifs is 1. The zero-order valence-corrected chi connectivity index (χ0v) is 9.80. The van der Waals surface area contributed by atoms with Crippen molar-refractivity contribution in [2.75, 3.05) is 20.1 Å². The first-order valence-corrected chi connectivity index (χ1v) is 5.74. The van der Waals surface area contributed by atoms with Gasteiger partial charge in [0.2, 0.25) is 0 Å². The van der Waals surface area contributed by atoms with Crippen molar-refractivity contribution in [3.05, 3.63) is 17.5 Å². The van der Waals surface area contributed by atoms with E-state index in [0.29, 0.717) is 0 Å². The third-order valence-corrected chi connectivity index (χ3v) is 3.14. The molecule has 0 saturated heterocycles. The molecule has 0 aliphatic carbocycles. The molecule has 1 aromatic heterocycles. The SMILES string of the molecule is CN1CCc2cnn(CCC(F)(F)F)c2CC1. The van der Waals surface area contributed by atoms with Crippen LogP contribution in [0.4, 0.5) is 13.2 Å². The minimum atomic E-state index is -4.11. The summed E-state index contributed by atoms with van der Waals surface area (Å²) < 4.78 is 38.0. The van der Waals surface area contributed by atoms with Gasteiger partial charge in [-0.15, -0.1) is 0 Å². The van der Waals surface area contributed by atoms with E-state index in [1.54, 1.807) is 6.20 Å². The molecule has 0 N–H and O–H groups in total. The average Bonchev–Trinajstić information content (AvgIpc) is 2.53. The second-order valence-electron chi connectivity index (χ2n) is 4.51. The lowest BCUT2D eigenvalue weighted by Crippen LogP contribution is -2.21. The van der Waals surface area contributed by atoms with Crippen LogP contribution in [0.15, 0.2) is 6.20 Å². The van der Waals surface area contributed by atoms with E-state index < -0.39 is 12.6 Å². The molecule has 0 bridgehead atoms. The monoisotopic (exact) mass is 247 g/mol. The predicted octanol–water partition coefficient (Wildman–Crippen LogP) is 1.87. The van der Waals surface area contributed by atoms with Gasteiger partial charge in [-0.1, -0.05) is 0 Å². The molecule has 1 aliphatic heterocycles. The van der Waals surface area contributed by atoms with Gasteiger partial charge in [0.1, 0.15) is 0 Å². The molecule has 6 heteroatoms. The van der Waals surface area contributed by atoms with Crippen LogP contribution in [0.5, 0.6) is 0 Å². The van der Waals surface area contributed by atoms with Crippen molar-refractivity contribution in [2.45, 2.75) is 32.0 Å². The van der Waals surface area contributed by atoms with Crippen molar-refractivity contribution in [1.29, 1.82) is 0 Å². The van der Waals surface area contributed by atoms with Crippen molar-refractivity contribution < 1.29 is 13.2 Å². The molecule has 0 unspecified atom stereocenters. The smallest absolute Gasteiger partial charge is 0.306 e. The second-order valence-corrected chi connectivity index (χ2v) is 4.51. The zero-order chi connectivity index (χ0) is 12.5. The van der Waals surface area contributed by atoms with E-state index in [9.17, 15) is 13.2 Å². The van der Waals surface area contributed by atoms with Gasteiger partial charge in [0.05, 0.1) is 12.6 Å². The number of aromatic nitrogens is 2. The van der Waals surface area contributed by atoms with E-state index >= 15 is 0 Å². The molecular formula is C11H16F3N3. The maximum Gasteiger partial charge on any atom is 0.390 e. The minimum Gasteiger partial charge on any atom is -0.306 e. The third-order valence-electron chi connectivity index (χ3n) is 3.14. The van der Waals surface area contributed by atoms with Gasteiger partial charge in [0.25, 0.3) is 0 Å². The molecule has 2 heterocycles. The minimum absolute atomic E-state index is 0.0669. The first-order valence-electron chi connectivity index (χ1n) is 5.74. The summed E-state index contributed by atoms with van der Waals surface area (Å²) in [6, 6.07) is 0. The lowest BCUT2D eigenvalue weighted by Gasteiger charge is -2.12. The van der Waals surface area contributed by atoms with Gasteiger partial charge in [-0.2, -0.15) is 18.3 Å². The largest absolute Gasteiger partial charge is 0.390 e. The molecule has 3 nitrogen and oxygen atoms in total. The Bertz CT molecular complexity index is 384. The molecular weight excluding hydrogens is 231 g/mol. The Morgan fingerprint density at radius 3 is 2.71 bits per heavy atom. The molecule has 1 aliphatic rings. The predicted molar refractivity (Wildman–Crippen MR) is 57.8 cm³/mol. The van der Waals surface area contributed by atoms with Crippen LogP contribution in [0.2, 0.25) is 0 Å². The standard InChI is InChI=1S/C11H16F3N3/c1-16-5-2-9-8-15-17(10(9)3-6-16)7-4-11(12,13)14/h8H,2-7H2,1H3. The molecule has 2 rings (SSSR count). The summed E-state index contributed by atoms with van der Waals surface area (Å²) in [6.07, 6.45) is -1.55. The Morgan fingerprint density at radius 2 is 2.00 bits per heavy atom. The quantitative estimate of drug-likeness (QED) is 0.795. The first-order chi connectivity index (χ1) is 7.96. The maximum atomic E-state index is 12.2. The van der Waals surface area contributed by atoms with Crippen LogP contribution in [0.1, 0.15) is 17.7 Å². The fourth-order valence-corrected chi connectivity index (χ4v) is 2.09. The molecule has 0 amide bonds. The van der Waals surface area contributed by atoms with Crippen LogP contribution >= 0.6 is 0 Å². The van der Waals surface area contributed by atoms with Crippen molar-refractivity contribution in [2.24, 2.45) is 0 Å². The van der Waals surface area contributed by atoms with E-state index in [1.165, 1.54) is 4.68 Å². The molecule has 0 atom stereocenters. The summed E-state index contributed by atoms with van der Waals surface area (Å²) in [5, 5.41) is 4.07. The highest BCUT2D eigenvalue weighted by molar-refractivity contribution is 5.20. The summed E-state index contributed by atoms with van der Waals surface area (Å²) in [6.45, 7) is 1.76. The molecule has 17 heavy (non-hydrogen) atoms. The highest BCUT2D eigenvalue weighted by atomic mass is 19.4. The summed E-state index contributed by atoms with van der Waals surface area (Å²) >= 11 is 0. The topological polar surface area (TPSA) is 21.1 Å². The Balaban J connectivity index is 2.07. The summed E-state index contributed by atoms with van der Waals surface area (Å²) in [7, 11) is 2.03. The number of hydrogen-bond donors (Lipinski definition) is 0. The first kappa shape index (κ1) is 12.4. The number of hydrogen-bond acceptors (Lipinski definition) is 2. The number of halogens is 3.